The van der Waals surface area contributed by atoms with E-state index in [1.807, 2.05) is 117 Å². The lowest BCUT2D eigenvalue weighted by Crippen LogP contribution is -2.27. The highest BCUT2D eigenvalue weighted by molar-refractivity contribution is 5.96. The molecule has 0 spiro atoms. The summed E-state index contributed by atoms with van der Waals surface area (Å²) in [6.45, 7) is 6.72. The van der Waals surface area contributed by atoms with Crippen LogP contribution in [0.2, 0.25) is 0 Å². The van der Waals surface area contributed by atoms with Gasteiger partial charge in [0.15, 0.2) is 11.7 Å². The molecule has 0 unspecified atom stereocenters. The molecule has 7 aromatic rings. The van der Waals surface area contributed by atoms with Crippen molar-refractivity contribution in [2.45, 2.75) is 110 Å². The van der Waals surface area contributed by atoms with Gasteiger partial charge in [-0.3, -0.25) is 14.3 Å². The number of rotatable bonds is 22. The Morgan fingerprint density at radius 1 is 0.770 bits per heavy atom. The molecule has 0 aliphatic carbocycles. The molecule has 18 heteroatoms. The van der Waals surface area contributed by atoms with Crippen LogP contribution in [0.5, 0.6) is 0 Å². The lowest BCUT2D eigenvalue weighted by molar-refractivity contribution is 0.0540. The van der Waals surface area contributed by atoms with Gasteiger partial charge in [-0.1, -0.05) is 120 Å². The van der Waals surface area contributed by atoms with Crippen LogP contribution in [-0.4, -0.2) is 71.0 Å². The normalized spacial score (nSPS) is 10.5. The number of nitrogens with two attached hydrogens (primary N) is 2. The minimum atomic E-state index is -0.552. The summed E-state index contributed by atoms with van der Waals surface area (Å²) in [5.41, 5.74) is 27.6. The smallest absolute Gasteiger partial charge is 0.421 e. The second-order valence-corrected chi connectivity index (χ2v) is 18.2. The zero-order valence-corrected chi connectivity index (χ0v) is 43.3. The van der Waals surface area contributed by atoms with Crippen molar-refractivity contribution in [3.63, 3.8) is 0 Å². The lowest BCUT2D eigenvalue weighted by atomic mass is 10.0. The molecule has 7 rings (SSSR count). The number of azide groups is 1. The lowest BCUT2D eigenvalue weighted by Gasteiger charge is -2.19. The number of aryl methyl sites for hydroxylation is 4. The number of hydrogen-bond donors (Lipinski definition) is 4. The monoisotopic (exact) mass is 1020 g/mol. The number of nitrogens with one attached hydrogen (secondary N) is 2. The van der Waals surface area contributed by atoms with Gasteiger partial charge in [0, 0.05) is 66.6 Å². The van der Waals surface area contributed by atoms with Crippen molar-refractivity contribution in [1.82, 2.24) is 39.8 Å². The summed E-state index contributed by atoms with van der Waals surface area (Å²) in [5.74, 6) is 3.25. The van der Waals surface area contributed by atoms with Crippen LogP contribution < -0.4 is 16.8 Å². The number of carbonyl (C=O) groups is 3. The zero-order valence-electron chi connectivity index (χ0n) is 42.5. The molecule has 17 nitrogen and oxygen atoms in total. The first kappa shape index (κ1) is 58.4. The van der Waals surface area contributed by atoms with Gasteiger partial charge in [0.25, 0.3) is 5.91 Å². The number of nitrogen functional groups attached to an aromatic ring is 2. The van der Waals surface area contributed by atoms with Gasteiger partial charge < -0.3 is 26.5 Å². The number of anilines is 2. The number of ether oxygens (including phenoxy) is 1. The Kier molecular flexibility index (Phi) is 24.7. The van der Waals surface area contributed by atoms with E-state index in [0.717, 1.165) is 116 Å². The number of carbonyl (C=O) groups excluding carboxylic acids is 3. The maximum absolute atomic E-state index is 12.5. The molecule has 3 aromatic heterocycles. The molecule has 0 aliphatic rings. The predicted octanol–water partition coefficient (Wildman–Crippen LogP) is 11.7. The molecule has 388 valence electrons. The summed E-state index contributed by atoms with van der Waals surface area (Å²) in [4.78, 5) is 50.1. The molecule has 1 amide bonds. The number of aromatic amines is 1. The van der Waals surface area contributed by atoms with Crippen molar-refractivity contribution >= 4 is 42.1 Å². The Morgan fingerprint density at radius 2 is 1.35 bits per heavy atom. The number of benzene rings is 4. The van der Waals surface area contributed by atoms with Gasteiger partial charge in [-0.15, -0.1) is 29.8 Å². The predicted molar refractivity (Wildman–Crippen MR) is 294 cm³/mol. The Bertz CT molecular complexity index is 2860. The van der Waals surface area contributed by atoms with Crippen LogP contribution in [0, 0.1) is 12.3 Å². The Morgan fingerprint density at radius 3 is 1.93 bits per heavy atom. The molecule has 3 heterocycles. The Labute approximate surface area is 440 Å². The van der Waals surface area contributed by atoms with Crippen LogP contribution in [0.25, 0.3) is 32.7 Å². The minimum absolute atomic E-state index is 0. The third kappa shape index (κ3) is 20.9. The van der Waals surface area contributed by atoms with Gasteiger partial charge in [-0.2, -0.15) is 0 Å². The van der Waals surface area contributed by atoms with Gasteiger partial charge in [-0.05, 0) is 112 Å². The van der Waals surface area contributed by atoms with Gasteiger partial charge >= 0.3 is 6.09 Å². The largest absolute Gasteiger partial charge is 0.443 e. The number of aromatic nitrogens is 7. The maximum Gasteiger partial charge on any atom is 0.421 e. The van der Waals surface area contributed by atoms with Crippen LogP contribution in [-0.2, 0) is 30.5 Å². The number of unbranched alkanes of at least 4 members (excludes halogenated alkanes) is 5. The molecule has 0 bridgehead atoms. The number of imidazole rings is 2. The van der Waals surface area contributed by atoms with E-state index in [9.17, 15) is 14.4 Å². The van der Waals surface area contributed by atoms with E-state index >= 15 is 0 Å². The second-order valence-electron chi connectivity index (χ2n) is 18.2. The van der Waals surface area contributed by atoms with Gasteiger partial charge in [0.1, 0.15) is 5.60 Å². The highest BCUT2D eigenvalue weighted by Gasteiger charge is 2.20. The molecule has 0 aliphatic heterocycles. The summed E-state index contributed by atoms with van der Waals surface area (Å²) in [6, 6.07) is 35.4. The Balaban J connectivity index is 0.000000252. The van der Waals surface area contributed by atoms with Crippen molar-refractivity contribution in [3.05, 3.63) is 166 Å². The van der Waals surface area contributed by atoms with Crippen molar-refractivity contribution in [2.75, 3.05) is 24.6 Å². The van der Waals surface area contributed by atoms with Crippen molar-refractivity contribution in [3.8, 4) is 34.6 Å². The number of Topliss-reactive ketones (excluding diaryl/α,β-unsaturated/α-hetero) is 1. The standard InChI is InChI=1S/C26H30N6O.C15H14N4O.C15H23N3O2.ClH/c27-26-28-18-23(29-26)10-5-2-6-11-24-19-32(31-30-24)17-7-12-25(33)22-15-13-21(14-16-22)20-8-3-1-4-9-20;16-19-18-11-10-17-15(20)14-8-6-13(7-9-14)12-4-2-1-3-5-12;1-5-6-7-8-9-10-12-11-18(13(16)17-12)14(19)20-15(2,3)4;/h1,3-4,8-9,13-16,18-19H,2,5-7,10-12,17H2,(H3,27,28,29);1-9H,10-11H2,(H,17,20);1,11H,6-10H2,2-4H3,(H2,16,17);1H. The highest BCUT2D eigenvalue weighted by Crippen LogP contribution is 2.21. The molecule has 0 atom stereocenters. The SMILES string of the molecule is C#CCCCCCc1cn(C(=O)OC(C)(C)C)c(N)n1.Cl.Nc1ncc(CCCCCc2cn(CCCC(=O)c3ccc(-c4ccccc4)cc3)nn2)[nH]1.[N-]=[N+]=NCCNC(=O)c1ccc(-c2ccccc2)cc1. The van der Waals surface area contributed by atoms with Crippen molar-refractivity contribution < 1.29 is 19.1 Å². The molecule has 4 aromatic carbocycles. The van der Waals surface area contributed by atoms with E-state index in [-0.39, 0.29) is 36.6 Å². The minimum Gasteiger partial charge on any atom is -0.443 e. The number of amides is 1. The first-order valence-electron chi connectivity index (χ1n) is 24.6. The summed E-state index contributed by atoms with van der Waals surface area (Å²) in [5, 5.41) is 14.5. The van der Waals surface area contributed by atoms with Gasteiger partial charge in [0.05, 0.1) is 17.6 Å². The quantitative estimate of drug-likeness (QED) is 0.0125. The van der Waals surface area contributed by atoms with Gasteiger partial charge in [0.2, 0.25) is 5.95 Å². The third-order valence-electron chi connectivity index (χ3n) is 11.2. The molecule has 0 radical (unpaired) electrons. The summed E-state index contributed by atoms with van der Waals surface area (Å²) < 4.78 is 8.35. The van der Waals surface area contributed by atoms with E-state index in [1.165, 1.54) is 4.57 Å². The molecule has 0 saturated carbocycles. The van der Waals surface area contributed by atoms with E-state index in [2.05, 4.69) is 58.7 Å². The Hall–Kier alpha value is -8.19. The van der Waals surface area contributed by atoms with Crippen LogP contribution in [0.4, 0.5) is 16.7 Å². The topological polar surface area (TPSA) is 250 Å². The fourth-order valence-corrected chi connectivity index (χ4v) is 7.43. The number of H-pyrrole nitrogens is 1. The third-order valence-corrected chi connectivity index (χ3v) is 11.2. The number of hydrogen-bond acceptors (Lipinski definition) is 11. The molecule has 0 saturated heterocycles. The van der Waals surface area contributed by atoms with Gasteiger partial charge in [-0.25, -0.2) is 19.3 Å². The van der Waals surface area contributed by atoms with Crippen molar-refractivity contribution in [1.29, 1.82) is 0 Å². The fourth-order valence-electron chi connectivity index (χ4n) is 7.43. The molecule has 6 N–H and O–H groups in total. The van der Waals surface area contributed by atoms with Crippen molar-refractivity contribution in [2.24, 2.45) is 5.11 Å². The summed E-state index contributed by atoms with van der Waals surface area (Å²) in [7, 11) is 0. The maximum atomic E-state index is 12.5. The first-order chi connectivity index (χ1) is 35.3. The highest BCUT2D eigenvalue weighted by atomic mass is 35.5. The van der Waals surface area contributed by atoms with Crippen LogP contribution >= 0.6 is 12.4 Å². The molecule has 74 heavy (non-hydrogen) atoms. The van der Waals surface area contributed by atoms with E-state index < -0.39 is 11.7 Å². The average molecular weight is 1020 g/mol. The molecule has 0 fully saturated rings. The number of ketones is 1. The molecular formula is C56H68ClN13O4. The van der Waals surface area contributed by atoms with Crippen LogP contribution in [0.1, 0.15) is 116 Å². The first-order valence-corrected chi connectivity index (χ1v) is 24.6. The van der Waals surface area contributed by atoms with E-state index in [1.54, 1.807) is 24.5 Å². The second kappa shape index (κ2) is 31.3. The number of terminal acetylenes is 1. The molecular weight excluding hydrogens is 954 g/mol. The average Bonchev–Trinajstić information content (AvgIpc) is 4.14. The number of nitrogens with zero attached hydrogens (tertiary/aromatic N) is 9. The van der Waals surface area contributed by atoms with E-state index in [4.69, 9.17) is 28.2 Å². The van der Waals surface area contributed by atoms with Crippen LogP contribution in [0.3, 0.4) is 0 Å². The zero-order chi connectivity index (χ0) is 52.3. The summed E-state index contributed by atoms with van der Waals surface area (Å²) >= 11 is 0. The number of halogens is 1. The van der Waals surface area contributed by atoms with E-state index in [0.29, 0.717) is 31.0 Å². The summed E-state index contributed by atoms with van der Waals surface area (Å²) in [6.07, 6.45) is 21.1. The fraction of sp³-hybridized carbons (Fsp3) is 0.339. The van der Waals surface area contributed by atoms with Crippen LogP contribution in [0.15, 0.2) is 133 Å².